The van der Waals surface area contributed by atoms with Crippen LogP contribution in [0.2, 0.25) is 10.0 Å². The fourth-order valence-corrected chi connectivity index (χ4v) is 8.11. The standard InChI is InChI=1S/C38H38Cl2N6O5S/c1-38(2)13-12-25(30(20-38)24-6-8-26(39)9-7-24)22-45-14-16-46(17-15-45)27-10-11-29(34(18-27)51-33-5-3-4-32-35(33)43-23-42-32)36(47)44-52(49,50)28-19-31(40)37(48)41-21-28/h3-11,18-19,21,23H,12-17,20,22H2,1-2H3,(H,41,48)(H,42,43)(H,44,47). The van der Waals surface area contributed by atoms with Crippen LogP contribution in [-0.4, -0.2) is 72.0 Å². The van der Waals surface area contributed by atoms with Crippen molar-refractivity contribution in [3.05, 3.63) is 106 Å². The van der Waals surface area contributed by atoms with Gasteiger partial charge in [-0.3, -0.25) is 9.69 Å². The summed E-state index contributed by atoms with van der Waals surface area (Å²) in [7, 11) is -4.40. The molecule has 0 unspecified atom stereocenters. The molecule has 1 amide bonds. The Kier molecular flexibility index (Phi) is 9.92. The first kappa shape index (κ1) is 35.8. The van der Waals surface area contributed by atoms with Gasteiger partial charge in [0.25, 0.3) is 15.9 Å². The molecule has 0 spiro atoms. The highest BCUT2D eigenvalue weighted by molar-refractivity contribution is 7.90. The maximum atomic E-state index is 13.6. The number of imidazole rings is 1. The summed E-state index contributed by atoms with van der Waals surface area (Å²) in [6, 6.07) is 19.7. The lowest BCUT2D eigenvalue weighted by Gasteiger charge is -2.39. The number of halogens is 2. The van der Waals surface area contributed by atoms with E-state index in [-0.39, 0.29) is 26.6 Å². The molecule has 11 nitrogen and oxygen atoms in total. The number of rotatable bonds is 9. The van der Waals surface area contributed by atoms with Crippen LogP contribution < -0.4 is 14.4 Å². The Morgan fingerprint density at radius 3 is 2.52 bits per heavy atom. The van der Waals surface area contributed by atoms with E-state index in [2.05, 4.69) is 55.5 Å². The highest BCUT2D eigenvalue weighted by Gasteiger charge is 2.30. The molecule has 0 saturated carbocycles. The van der Waals surface area contributed by atoms with Crippen LogP contribution in [0.3, 0.4) is 0 Å². The molecule has 3 aromatic carbocycles. The summed E-state index contributed by atoms with van der Waals surface area (Å²) < 4.78 is 34.7. The van der Waals surface area contributed by atoms with E-state index in [1.807, 2.05) is 18.2 Å². The van der Waals surface area contributed by atoms with Gasteiger partial charge in [-0.2, -0.15) is 0 Å². The minimum absolute atomic E-state index is 0.00165. The van der Waals surface area contributed by atoms with Gasteiger partial charge in [-0.05, 0) is 78.3 Å². The summed E-state index contributed by atoms with van der Waals surface area (Å²) in [4.78, 5) is 28.9. The average molecular weight is 762 g/mol. The van der Waals surface area contributed by atoms with Gasteiger partial charge in [-0.15, -0.1) is 0 Å². The van der Waals surface area contributed by atoms with Crippen LogP contribution in [0.1, 0.15) is 49.0 Å². The molecule has 52 heavy (non-hydrogen) atoms. The number of ether oxygens (including phenoxy) is 1. The van der Waals surface area contributed by atoms with Gasteiger partial charge in [0.2, 0.25) is 5.88 Å². The lowest BCUT2D eigenvalue weighted by atomic mass is 9.72. The number of amides is 1. The van der Waals surface area contributed by atoms with E-state index >= 15 is 0 Å². The van der Waals surface area contributed by atoms with Crippen LogP contribution in [0.4, 0.5) is 5.69 Å². The number of carbonyl (C=O) groups excluding carboxylic acids is 1. The van der Waals surface area contributed by atoms with E-state index in [9.17, 15) is 18.3 Å². The lowest BCUT2D eigenvalue weighted by Crippen LogP contribution is -2.47. The number of aromatic hydroxyl groups is 1. The molecule has 3 heterocycles. The molecule has 0 radical (unpaired) electrons. The van der Waals surface area contributed by atoms with E-state index in [1.165, 1.54) is 16.7 Å². The zero-order chi connectivity index (χ0) is 36.6. The zero-order valence-electron chi connectivity index (χ0n) is 28.7. The normalized spacial score (nSPS) is 16.7. The Morgan fingerprint density at radius 1 is 1.00 bits per heavy atom. The molecule has 1 saturated heterocycles. The third-order valence-electron chi connectivity index (χ3n) is 9.71. The Labute approximate surface area is 312 Å². The molecule has 270 valence electrons. The molecule has 1 aliphatic heterocycles. The monoisotopic (exact) mass is 760 g/mol. The highest BCUT2D eigenvalue weighted by Crippen LogP contribution is 2.43. The molecule has 1 fully saturated rings. The topological polar surface area (TPSA) is 141 Å². The molecule has 2 aliphatic rings. The Bertz CT molecular complexity index is 2280. The Balaban J connectivity index is 1.12. The summed E-state index contributed by atoms with van der Waals surface area (Å²) in [6.07, 6.45) is 5.70. The number of fused-ring (bicyclic) bond motifs is 1. The van der Waals surface area contributed by atoms with Crippen LogP contribution in [0.5, 0.6) is 17.4 Å². The van der Waals surface area contributed by atoms with E-state index in [4.69, 9.17) is 27.9 Å². The number of sulfonamides is 1. The summed E-state index contributed by atoms with van der Waals surface area (Å²) >= 11 is 12.1. The van der Waals surface area contributed by atoms with Crippen molar-refractivity contribution in [2.75, 3.05) is 37.6 Å². The molecule has 7 rings (SSSR count). The number of pyridine rings is 1. The van der Waals surface area contributed by atoms with Crippen molar-refractivity contribution >= 4 is 61.4 Å². The van der Waals surface area contributed by atoms with Crippen LogP contribution in [-0.2, 0) is 10.0 Å². The Morgan fingerprint density at radius 2 is 1.77 bits per heavy atom. The number of allylic oxidation sites excluding steroid dienone is 1. The summed E-state index contributed by atoms with van der Waals surface area (Å²) in [5.41, 5.74) is 6.51. The molecule has 0 atom stereocenters. The number of hydrogen-bond donors (Lipinski definition) is 3. The summed E-state index contributed by atoms with van der Waals surface area (Å²) in [5.74, 6) is -0.880. The van der Waals surface area contributed by atoms with Crippen molar-refractivity contribution in [2.45, 2.75) is 38.0 Å². The summed E-state index contributed by atoms with van der Waals surface area (Å²) in [5, 5.41) is 10.1. The van der Waals surface area contributed by atoms with Gasteiger partial charge in [0, 0.05) is 49.5 Å². The number of para-hydroxylation sites is 1. The quantitative estimate of drug-likeness (QED) is 0.138. The van der Waals surface area contributed by atoms with Crippen molar-refractivity contribution in [3.8, 4) is 17.4 Å². The summed E-state index contributed by atoms with van der Waals surface area (Å²) in [6.45, 7) is 8.75. The van der Waals surface area contributed by atoms with Crippen LogP contribution >= 0.6 is 23.2 Å². The Hall–Kier alpha value is -4.62. The number of H-pyrrole nitrogens is 1. The van der Waals surface area contributed by atoms with Crippen molar-refractivity contribution in [3.63, 3.8) is 0 Å². The maximum absolute atomic E-state index is 13.6. The number of aromatic nitrogens is 3. The van der Waals surface area contributed by atoms with Gasteiger partial charge in [0.15, 0.2) is 5.75 Å². The van der Waals surface area contributed by atoms with E-state index < -0.39 is 21.8 Å². The van der Waals surface area contributed by atoms with Gasteiger partial charge in [0.1, 0.15) is 21.2 Å². The van der Waals surface area contributed by atoms with Crippen molar-refractivity contribution in [1.82, 2.24) is 24.6 Å². The van der Waals surface area contributed by atoms with E-state index in [0.717, 1.165) is 80.5 Å². The zero-order valence-corrected chi connectivity index (χ0v) is 31.0. The molecule has 5 aromatic rings. The van der Waals surface area contributed by atoms with Crippen LogP contribution in [0.25, 0.3) is 16.6 Å². The second kappa shape index (κ2) is 14.4. The predicted molar refractivity (Wildman–Crippen MR) is 203 cm³/mol. The van der Waals surface area contributed by atoms with Gasteiger partial charge in [-0.25, -0.2) is 23.1 Å². The van der Waals surface area contributed by atoms with Gasteiger partial charge in [0.05, 0.1) is 23.6 Å². The van der Waals surface area contributed by atoms with Crippen LogP contribution in [0, 0.1) is 5.41 Å². The minimum Gasteiger partial charge on any atom is -0.492 e. The number of benzene rings is 3. The number of anilines is 1. The number of aromatic amines is 1. The lowest BCUT2D eigenvalue weighted by molar-refractivity contribution is 0.0979. The van der Waals surface area contributed by atoms with E-state index in [1.54, 1.807) is 36.7 Å². The number of hydrogen-bond acceptors (Lipinski definition) is 9. The van der Waals surface area contributed by atoms with Gasteiger partial charge >= 0.3 is 0 Å². The fraction of sp³-hybridized carbons (Fsp3) is 0.289. The first-order valence-electron chi connectivity index (χ1n) is 16.9. The first-order chi connectivity index (χ1) is 24.8. The largest absolute Gasteiger partial charge is 0.492 e. The first-order valence-corrected chi connectivity index (χ1v) is 19.2. The van der Waals surface area contributed by atoms with Crippen LogP contribution in [0.15, 0.2) is 89.7 Å². The SMILES string of the molecule is CC1(C)CCC(CN2CCN(c3ccc(C(=O)NS(=O)(=O)c4cnc(O)c(Cl)c4)c(Oc4cccc5[nH]cnc45)c3)CC2)=C(c2ccc(Cl)cc2)C1. The molecule has 14 heteroatoms. The second-order valence-corrected chi connectivity index (χ2v) is 16.5. The fourth-order valence-electron chi connectivity index (χ4n) is 6.81. The second-order valence-electron chi connectivity index (χ2n) is 13.9. The third-order valence-corrected chi connectivity index (χ3v) is 11.5. The van der Waals surface area contributed by atoms with Crippen molar-refractivity contribution in [1.29, 1.82) is 0 Å². The van der Waals surface area contributed by atoms with Crippen molar-refractivity contribution < 1.29 is 23.1 Å². The highest BCUT2D eigenvalue weighted by atomic mass is 35.5. The number of carbonyl (C=O) groups is 1. The molecule has 2 aromatic heterocycles. The third kappa shape index (κ3) is 7.75. The average Bonchev–Trinajstić information content (AvgIpc) is 3.61. The molecule has 1 aliphatic carbocycles. The number of piperazine rings is 1. The molecule has 0 bridgehead atoms. The van der Waals surface area contributed by atoms with Crippen molar-refractivity contribution in [2.24, 2.45) is 5.41 Å². The number of nitrogens with zero attached hydrogens (tertiary/aromatic N) is 4. The van der Waals surface area contributed by atoms with Gasteiger partial charge in [-0.1, -0.05) is 60.8 Å². The number of nitrogens with one attached hydrogen (secondary N) is 2. The molecular weight excluding hydrogens is 723 g/mol. The van der Waals surface area contributed by atoms with Gasteiger partial charge < -0.3 is 19.7 Å². The maximum Gasteiger partial charge on any atom is 0.268 e. The molecular formula is C38H38Cl2N6O5S. The molecule has 3 N–H and O–H groups in total. The minimum atomic E-state index is -4.40. The predicted octanol–water partition coefficient (Wildman–Crippen LogP) is 7.67. The van der Waals surface area contributed by atoms with E-state index in [0.29, 0.717) is 11.3 Å². The smallest absolute Gasteiger partial charge is 0.268 e.